The first kappa shape index (κ1) is 18.4. The Hall–Kier alpha value is -2.38. The number of carbonyl (C=O) groups is 1. The molecular formula is C18H22ClN5O2. The van der Waals surface area contributed by atoms with Crippen LogP contribution in [0.2, 0.25) is 5.02 Å². The van der Waals surface area contributed by atoms with Gasteiger partial charge in [-0.05, 0) is 18.2 Å². The summed E-state index contributed by atoms with van der Waals surface area (Å²) in [6, 6.07) is 7.89. The number of piperazine rings is 1. The highest BCUT2D eigenvalue weighted by molar-refractivity contribution is 6.30. The highest BCUT2D eigenvalue weighted by Crippen LogP contribution is 2.22. The van der Waals surface area contributed by atoms with Gasteiger partial charge in [0, 0.05) is 50.5 Å². The van der Waals surface area contributed by atoms with Crippen molar-refractivity contribution >= 4 is 29.0 Å². The minimum absolute atomic E-state index is 0.244. The largest absolute Gasteiger partial charge is 0.383 e. The van der Waals surface area contributed by atoms with Crippen LogP contribution in [0, 0.1) is 0 Å². The maximum Gasteiger partial charge on any atom is 0.271 e. The summed E-state index contributed by atoms with van der Waals surface area (Å²) >= 11 is 6.07. The average molecular weight is 376 g/mol. The van der Waals surface area contributed by atoms with Crippen LogP contribution in [0.3, 0.4) is 0 Å². The molecule has 1 aromatic carbocycles. The summed E-state index contributed by atoms with van der Waals surface area (Å²) in [5, 5.41) is 3.48. The topological polar surface area (TPSA) is 70.6 Å². The van der Waals surface area contributed by atoms with E-state index in [9.17, 15) is 4.79 Å². The van der Waals surface area contributed by atoms with E-state index in [4.69, 9.17) is 16.3 Å². The van der Waals surface area contributed by atoms with Crippen molar-refractivity contribution < 1.29 is 9.53 Å². The molecule has 2 heterocycles. The van der Waals surface area contributed by atoms with Gasteiger partial charge in [0.15, 0.2) is 0 Å². The second-order valence-corrected chi connectivity index (χ2v) is 6.40. The molecule has 0 aliphatic carbocycles. The number of benzene rings is 1. The second kappa shape index (κ2) is 8.82. The molecule has 1 aliphatic heterocycles. The van der Waals surface area contributed by atoms with Gasteiger partial charge < -0.3 is 19.9 Å². The van der Waals surface area contributed by atoms with E-state index in [0.29, 0.717) is 18.8 Å². The predicted molar refractivity (Wildman–Crippen MR) is 102 cm³/mol. The van der Waals surface area contributed by atoms with Crippen molar-refractivity contribution in [2.24, 2.45) is 0 Å². The molecule has 138 valence electrons. The summed E-state index contributed by atoms with van der Waals surface area (Å²) in [5.74, 6) is 0.538. The molecule has 0 spiro atoms. The number of carbonyl (C=O) groups excluding carboxylic acids is 1. The van der Waals surface area contributed by atoms with E-state index in [1.54, 1.807) is 13.3 Å². The minimum atomic E-state index is -0.244. The first-order chi connectivity index (χ1) is 12.7. The molecule has 1 aromatic heterocycles. The number of anilines is 2. The van der Waals surface area contributed by atoms with Crippen LogP contribution in [-0.2, 0) is 4.74 Å². The van der Waals surface area contributed by atoms with E-state index in [0.717, 1.165) is 42.7 Å². The minimum Gasteiger partial charge on any atom is -0.383 e. The highest BCUT2D eigenvalue weighted by atomic mass is 35.5. The molecule has 0 unspecified atom stereocenters. The molecule has 1 N–H and O–H groups in total. The third kappa shape index (κ3) is 4.62. The van der Waals surface area contributed by atoms with E-state index in [1.807, 2.05) is 18.2 Å². The van der Waals surface area contributed by atoms with E-state index in [1.165, 1.54) is 6.20 Å². The lowest BCUT2D eigenvalue weighted by molar-refractivity contribution is 0.0931. The van der Waals surface area contributed by atoms with Gasteiger partial charge in [-0.2, -0.15) is 0 Å². The number of hydrogen-bond acceptors (Lipinski definition) is 6. The second-order valence-electron chi connectivity index (χ2n) is 5.96. The zero-order valence-corrected chi connectivity index (χ0v) is 15.4. The fraction of sp³-hybridized carbons (Fsp3) is 0.389. The third-order valence-corrected chi connectivity index (χ3v) is 4.47. The van der Waals surface area contributed by atoms with E-state index in [-0.39, 0.29) is 5.91 Å². The monoisotopic (exact) mass is 375 g/mol. The van der Waals surface area contributed by atoms with Crippen LogP contribution in [0.25, 0.3) is 0 Å². The maximum atomic E-state index is 11.9. The van der Waals surface area contributed by atoms with Crippen molar-refractivity contribution in [3.63, 3.8) is 0 Å². The molecule has 0 radical (unpaired) electrons. The van der Waals surface area contributed by atoms with Crippen molar-refractivity contribution in [1.82, 2.24) is 15.3 Å². The van der Waals surface area contributed by atoms with Crippen LogP contribution >= 0.6 is 11.6 Å². The van der Waals surface area contributed by atoms with Gasteiger partial charge in [-0.3, -0.25) is 4.79 Å². The summed E-state index contributed by atoms with van der Waals surface area (Å²) in [4.78, 5) is 25.0. The fourth-order valence-corrected chi connectivity index (χ4v) is 3.01. The van der Waals surface area contributed by atoms with Crippen molar-refractivity contribution in [3.05, 3.63) is 47.4 Å². The molecule has 8 heteroatoms. The Morgan fingerprint density at radius 3 is 2.62 bits per heavy atom. The molecule has 0 saturated carbocycles. The molecular weight excluding hydrogens is 354 g/mol. The van der Waals surface area contributed by atoms with Crippen molar-refractivity contribution in [2.75, 3.05) is 56.2 Å². The van der Waals surface area contributed by atoms with Gasteiger partial charge >= 0.3 is 0 Å². The molecule has 0 bridgehead atoms. The molecule has 26 heavy (non-hydrogen) atoms. The Kier molecular flexibility index (Phi) is 6.25. The summed E-state index contributed by atoms with van der Waals surface area (Å²) in [5.41, 5.74) is 1.44. The quantitative estimate of drug-likeness (QED) is 0.777. The predicted octanol–water partition coefficient (Wildman–Crippen LogP) is 1.83. The SMILES string of the molecule is COCCNC(=O)c1cnc(N2CCN(c3cccc(Cl)c3)CC2)cn1. The van der Waals surface area contributed by atoms with Crippen LogP contribution in [0.15, 0.2) is 36.7 Å². The normalized spacial score (nSPS) is 14.4. The lowest BCUT2D eigenvalue weighted by Gasteiger charge is -2.36. The van der Waals surface area contributed by atoms with Gasteiger partial charge in [-0.1, -0.05) is 17.7 Å². The van der Waals surface area contributed by atoms with Crippen molar-refractivity contribution in [1.29, 1.82) is 0 Å². The van der Waals surface area contributed by atoms with Crippen LogP contribution in [0.5, 0.6) is 0 Å². The van der Waals surface area contributed by atoms with Gasteiger partial charge in [0.2, 0.25) is 0 Å². The molecule has 1 amide bonds. The summed E-state index contributed by atoms with van der Waals surface area (Å²) in [6.45, 7) is 4.34. The number of ether oxygens (including phenoxy) is 1. The van der Waals surface area contributed by atoms with Gasteiger partial charge in [0.25, 0.3) is 5.91 Å². The Morgan fingerprint density at radius 1 is 1.19 bits per heavy atom. The molecule has 1 aliphatic rings. The Bertz CT molecular complexity index is 733. The Balaban J connectivity index is 1.55. The average Bonchev–Trinajstić information content (AvgIpc) is 2.68. The van der Waals surface area contributed by atoms with Crippen LogP contribution in [0.4, 0.5) is 11.5 Å². The number of nitrogens with one attached hydrogen (secondary N) is 1. The van der Waals surface area contributed by atoms with Crippen LogP contribution in [0.1, 0.15) is 10.5 Å². The van der Waals surface area contributed by atoms with Crippen LogP contribution < -0.4 is 15.1 Å². The number of methoxy groups -OCH3 is 1. The van der Waals surface area contributed by atoms with Gasteiger partial charge in [0.1, 0.15) is 11.5 Å². The van der Waals surface area contributed by atoms with E-state index < -0.39 is 0 Å². The number of amides is 1. The smallest absolute Gasteiger partial charge is 0.271 e. The maximum absolute atomic E-state index is 11.9. The van der Waals surface area contributed by atoms with Gasteiger partial charge in [-0.25, -0.2) is 9.97 Å². The highest BCUT2D eigenvalue weighted by Gasteiger charge is 2.19. The molecule has 1 fully saturated rings. The number of aromatic nitrogens is 2. The van der Waals surface area contributed by atoms with E-state index >= 15 is 0 Å². The fourth-order valence-electron chi connectivity index (χ4n) is 2.83. The van der Waals surface area contributed by atoms with Crippen molar-refractivity contribution in [3.8, 4) is 0 Å². The summed E-state index contributed by atoms with van der Waals surface area (Å²) < 4.78 is 4.90. The van der Waals surface area contributed by atoms with Gasteiger partial charge in [0.05, 0.1) is 19.0 Å². The first-order valence-electron chi connectivity index (χ1n) is 8.52. The lowest BCUT2D eigenvalue weighted by Crippen LogP contribution is -2.46. The first-order valence-corrected chi connectivity index (χ1v) is 8.90. The summed E-state index contributed by atoms with van der Waals surface area (Å²) in [7, 11) is 1.59. The molecule has 1 saturated heterocycles. The van der Waals surface area contributed by atoms with Crippen LogP contribution in [-0.4, -0.2) is 62.3 Å². The lowest BCUT2D eigenvalue weighted by atomic mass is 10.2. The Labute approximate surface area is 157 Å². The molecule has 3 rings (SSSR count). The summed E-state index contributed by atoms with van der Waals surface area (Å²) in [6.07, 6.45) is 3.17. The molecule has 2 aromatic rings. The van der Waals surface area contributed by atoms with E-state index in [2.05, 4.69) is 31.2 Å². The number of hydrogen-bond donors (Lipinski definition) is 1. The number of halogens is 1. The number of nitrogens with zero attached hydrogens (tertiary/aromatic N) is 4. The van der Waals surface area contributed by atoms with Gasteiger partial charge in [-0.15, -0.1) is 0 Å². The molecule has 0 atom stereocenters. The third-order valence-electron chi connectivity index (χ3n) is 4.24. The molecule has 7 nitrogen and oxygen atoms in total. The Morgan fingerprint density at radius 2 is 1.96 bits per heavy atom. The number of rotatable bonds is 6. The zero-order valence-electron chi connectivity index (χ0n) is 14.7. The zero-order chi connectivity index (χ0) is 18.4. The van der Waals surface area contributed by atoms with Crippen molar-refractivity contribution in [2.45, 2.75) is 0 Å². The standard InChI is InChI=1S/C18H22ClN5O2/c1-26-10-5-20-18(25)16-12-22-17(13-21-16)24-8-6-23(7-9-24)15-4-2-3-14(19)11-15/h2-4,11-13H,5-10H2,1H3,(H,20,25).